The molecule has 7 unspecified atom stereocenters. The number of fused-ring (bicyclic) bond motifs is 1. The van der Waals surface area contributed by atoms with Gasteiger partial charge in [-0.05, 0) is 97.8 Å². The van der Waals surface area contributed by atoms with Crippen LogP contribution in [-0.2, 0) is 11.8 Å². The van der Waals surface area contributed by atoms with Crippen LogP contribution in [0, 0.1) is 28.1 Å². The Morgan fingerprint density at radius 1 is 1.22 bits per heavy atom. The lowest BCUT2D eigenvalue weighted by atomic mass is 9.06. The summed E-state index contributed by atoms with van der Waals surface area (Å²) in [6.45, 7) is 5.47. The molecule has 0 bridgehead atoms. The molecule has 1 aliphatic heterocycles. The molecule has 2 aromatic rings. The number of aromatic hydroxyl groups is 1. The molecule has 8 rings (SSSR count). The molecule has 6 aliphatic rings. The van der Waals surface area contributed by atoms with Gasteiger partial charge in [0, 0.05) is 47.5 Å². The molecule has 1 heterocycles. The Morgan fingerprint density at radius 3 is 2.78 bits per heavy atom. The number of piperidine rings is 1. The summed E-state index contributed by atoms with van der Waals surface area (Å²) in [6, 6.07) is 16.9. The van der Waals surface area contributed by atoms with Crippen molar-refractivity contribution in [2.45, 2.75) is 56.5 Å². The van der Waals surface area contributed by atoms with E-state index in [4.69, 9.17) is 5.73 Å². The first-order valence-corrected chi connectivity index (χ1v) is 14.0. The average molecular weight is 484 g/mol. The van der Waals surface area contributed by atoms with E-state index in [2.05, 4.69) is 35.9 Å². The first-order chi connectivity index (χ1) is 17.4. The number of nitrogens with zero attached hydrogens (tertiary/aromatic N) is 2. The first-order valence-electron chi connectivity index (χ1n) is 14.0. The van der Waals surface area contributed by atoms with Gasteiger partial charge in [-0.1, -0.05) is 31.2 Å². The number of amides is 1. The summed E-state index contributed by atoms with van der Waals surface area (Å²) in [4.78, 5) is 18.6. The molecule has 1 amide bonds. The van der Waals surface area contributed by atoms with Crippen LogP contribution in [0.15, 0.2) is 48.5 Å². The second-order valence-corrected chi connectivity index (χ2v) is 13.0. The van der Waals surface area contributed by atoms with Crippen LogP contribution in [0.4, 0.5) is 0 Å². The fourth-order valence-electron chi connectivity index (χ4n) is 12.1. The maximum Gasteiger partial charge on any atom is 0.253 e. The molecule has 2 aromatic carbocycles. The van der Waals surface area contributed by atoms with E-state index in [-0.39, 0.29) is 22.8 Å². The van der Waals surface area contributed by atoms with Crippen LogP contribution in [0.3, 0.4) is 0 Å². The molecule has 0 aromatic heterocycles. The number of likely N-dealkylation sites (tertiary alicyclic amines) is 1. The smallest absolute Gasteiger partial charge is 0.253 e. The molecule has 0 radical (unpaired) electrons. The number of phenols is 1. The fraction of sp³-hybridized carbons (Fsp3) is 0.581. The van der Waals surface area contributed by atoms with Crippen molar-refractivity contribution in [2.75, 3.05) is 26.7 Å². The SMILES string of the molecule is C[C@H]1CC23C4N(CCCN)CC45Cc4ccc(O)cc4C52C2C(N(C)C(=O)c4ccccc4)CCC213. The Bertz CT molecular complexity index is 1300. The lowest BCUT2D eigenvalue weighted by Crippen LogP contribution is -3.05. The molecule has 4 spiro atoms. The Morgan fingerprint density at radius 2 is 2.03 bits per heavy atom. The number of rotatable bonds is 5. The second kappa shape index (κ2) is 6.54. The van der Waals surface area contributed by atoms with Gasteiger partial charge in [-0.15, -0.1) is 0 Å². The molecular weight excluding hydrogens is 446 g/mol. The highest BCUT2D eigenvalue weighted by molar-refractivity contribution is 5.94. The molecular formula is C31H37N3O2. The van der Waals surface area contributed by atoms with Crippen LogP contribution >= 0.6 is 0 Å². The molecule has 5 nitrogen and oxygen atoms in total. The van der Waals surface area contributed by atoms with Crippen LogP contribution in [0.2, 0.25) is 0 Å². The van der Waals surface area contributed by atoms with Gasteiger partial charge in [-0.3, -0.25) is 9.69 Å². The number of hydrogen-bond acceptors (Lipinski definition) is 4. The van der Waals surface area contributed by atoms with Gasteiger partial charge in [-0.2, -0.15) is 0 Å². The van der Waals surface area contributed by atoms with Crippen LogP contribution in [-0.4, -0.2) is 59.6 Å². The predicted octanol–water partition coefficient (Wildman–Crippen LogP) is 3.80. The van der Waals surface area contributed by atoms with E-state index >= 15 is 0 Å². The highest BCUT2D eigenvalue weighted by Gasteiger charge is 3.04. The number of hydrogen-bond donors (Lipinski definition) is 2. The second-order valence-electron chi connectivity index (χ2n) is 13.0. The molecule has 1 saturated heterocycles. The highest BCUT2D eigenvalue weighted by atomic mass is 16.3. The lowest BCUT2D eigenvalue weighted by Gasteiger charge is -3.00. The standard InChI is InChI=1S/C31H37N3O2/c1-19-16-30-27-28(18-34(27)14-6-13-32)17-21-9-10-22(35)15-23(21)31(28,30)25-24(11-12-29(19,25)30)33(2)26(36)20-7-4-3-5-8-20/h3-5,7-10,15,19,24-25,27,35H,6,11-14,16-18,32H2,1-2H3/t19-,24?,25?,27?,28?,29?,30?,31?/m0/s1. The van der Waals surface area contributed by atoms with Crippen molar-refractivity contribution in [1.82, 2.24) is 9.80 Å². The van der Waals surface area contributed by atoms with Gasteiger partial charge < -0.3 is 15.7 Å². The van der Waals surface area contributed by atoms with Gasteiger partial charge in [0.2, 0.25) is 0 Å². The van der Waals surface area contributed by atoms with Crippen LogP contribution in [0.5, 0.6) is 5.75 Å². The Labute approximate surface area is 213 Å². The largest absolute Gasteiger partial charge is 0.508 e. The molecule has 36 heavy (non-hydrogen) atoms. The molecule has 4 saturated carbocycles. The van der Waals surface area contributed by atoms with E-state index in [1.807, 2.05) is 36.4 Å². The van der Waals surface area contributed by atoms with E-state index in [1.165, 1.54) is 24.0 Å². The molecule has 5 fully saturated rings. The maximum atomic E-state index is 13.7. The molecule has 3 N–H and O–H groups in total. The van der Waals surface area contributed by atoms with Gasteiger partial charge in [0.1, 0.15) is 5.75 Å². The number of phenolic OH excluding ortho intramolecular Hbond substituents is 1. The number of carbonyl (C=O) groups is 1. The van der Waals surface area contributed by atoms with Crippen LogP contribution in [0.25, 0.3) is 0 Å². The van der Waals surface area contributed by atoms with E-state index in [0.717, 1.165) is 44.5 Å². The topological polar surface area (TPSA) is 69.8 Å². The Balaban J connectivity index is 1.27. The van der Waals surface area contributed by atoms with Crippen molar-refractivity contribution in [3.8, 4) is 5.75 Å². The number of benzene rings is 2. The van der Waals surface area contributed by atoms with Gasteiger partial charge in [0.05, 0.1) is 0 Å². The summed E-state index contributed by atoms with van der Waals surface area (Å²) in [5.41, 5.74) is 10.6. The zero-order valence-electron chi connectivity index (χ0n) is 21.4. The van der Waals surface area contributed by atoms with Crippen molar-refractivity contribution < 1.29 is 9.90 Å². The monoisotopic (exact) mass is 483 g/mol. The minimum absolute atomic E-state index is 0.0941. The summed E-state index contributed by atoms with van der Waals surface area (Å²) in [5, 5.41) is 10.7. The zero-order chi connectivity index (χ0) is 24.7. The third-order valence-electron chi connectivity index (χ3n) is 12.4. The number of nitrogens with two attached hydrogens (primary N) is 1. The van der Waals surface area contributed by atoms with E-state index in [0.29, 0.717) is 34.5 Å². The molecule has 188 valence electrons. The summed E-state index contributed by atoms with van der Waals surface area (Å²) < 4.78 is 0. The quantitative estimate of drug-likeness (QED) is 0.679. The van der Waals surface area contributed by atoms with Gasteiger partial charge >= 0.3 is 0 Å². The zero-order valence-corrected chi connectivity index (χ0v) is 21.4. The van der Waals surface area contributed by atoms with E-state index < -0.39 is 0 Å². The fourth-order valence-corrected chi connectivity index (χ4v) is 12.1. The summed E-state index contributed by atoms with van der Waals surface area (Å²) >= 11 is 0. The van der Waals surface area contributed by atoms with Crippen molar-refractivity contribution in [1.29, 1.82) is 0 Å². The van der Waals surface area contributed by atoms with Gasteiger partial charge in [0.25, 0.3) is 5.91 Å². The van der Waals surface area contributed by atoms with Gasteiger partial charge in [-0.25, -0.2) is 0 Å². The normalized spacial score (nSPS) is 44.3. The molecule has 8 atom stereocenters. The summed E-state index contributed by atoms with van der Waals surface area (Å²) in [6.07, 6.45) is 5.79. The lowest BCUT2D eigenvalue weighted by molar-refractivity contribution is -0.499. The van der Waals surface area contributed by atoms with E-state index in [1.54, 1.807) is 0 Å². The average Bonchev–Trinajstić information content (AvgIpc) is 3.40. The Kier molecular flexibility index (Phi) is 3.94. The summed E-state index contributed by atoms with van der Waals surface area (Å²) in [7, 11) is 2.05. The van der Waals surface area contributed by atoms with Crippen LogP contribution in [0.1, 0.15) is 54.1 Å². The maximum absolute atomic E-state index is 13.7. The van der Waals surface area contributed by atoms with Crippen molar-refractivity contribution in [3.63, 3.8) is 0 Å². The van der Waals surface area contributed by atoms with Gasteiger partial charge in [0.15, 0.2) is 0 Å². The molecule has 5 aliphatic carbocycles. The predicted molar refractivity (Wildman–Crippen MR) is 139 cm³/mol. The minimum atomic E-state index is 0.0941. The van der Waals surface area contributed by atoms with Crippen LogP contribution < -0.4 is 5.73 Å². The minimum Gasteiger partial charge on any atom is -0.508 e. The third kappa shape index (κ3) is 1.85. The van der Waals surface area contributed by atoms with E-state index in [9.17, 15) is 9.90 Å². The molecule has 5 heteroatoms. The third-order valence-corrected chi connectivity index (χ3v) is 12.4. The van der Waals surface area contributed by atoms with Crippen molar-refractivity contribution in [3.05, 3.63) is 65.2 Å². The Hall–Kier alpha value is -2.37. The summed E-state index contributed by atoms with van der Waals surface area (Å²) in [5.74, 6) is 1.71. The number of carbonyl (C=O) groups excluding carboxylic acids is 1. The highest BCUT2D eigenvalue weighted by Crippen LogP contribution is 3.02. The first kappa shape index (κ1) is 21.7. The van der Waals surface area contributed by atoms with Crippen molar-refractivity contribution in [2.24, 2.45) is 33.8 Å². The van der Waals surface area contributed by atoms with Crippen molar-refractivity contribution >= 4 is 5.91 Å².